The summed E-state index contributed by atoms with van der Waals surface area (Å²) in [6.45, 7) is 0. The van der Waals surface area contributed by atoms with E-state index in [2.05, 4.69) is 200 Å². The topological polar surface area (TPSA) is 38.9 Å². The molecule has 0 N–H and O–H groups in total. The molecule has 0 fully saturated rings. The van der Waals surface area contributed by atoms with Gasteiger partial charge in [-0.05, 0) is 79.9 Å². The Morgan fingerprint density at radius 1 is 0.323 bits per heavy atom. The van der Waals surface area contributed by atoms with Crippen molar-refractivity contribution < 1.29 is 4.42 Å². The highest BCUT2D eigenvalue weighted by molar-refractivity contribution is 6.13. The molecule has 11 aromatic rings. The fourth-order valence-corrected chi connectivity index (χ4v) is 9.95. The summed E-state index contributed by atoms with van der Waals surface area (Å²) >= 11 is 0. The first kappa shape index (κ1) is 35.8. The van der Waals surface area contributed by atoms with Crippen LogP contribution in [0.4, 0.5) is 0 Å². The van der Waals surface area contributed by atoms with Gasteiger partial charge in [-0.3, -0.25) is 0 Å². The molecule has 290 valence electrons. The van der Waals surface area contributed by atoms with Crippen LogP contribution in [0.5, 0.6) is 0 Å². The minimum absolute atomic E-state index is 0.505. The van der Waals surface area contributed by atoms with Crippen LogP contribution in [0.15, 0.2) is 235 Å². The number of hydrogen-bond donors (Lipinski definition) is 0. The molecule has 2 aromatic heterocycles. The average molecular weight is 791 g/mol. The molecular formula is C59H38N2O. The van der Waals surface area contributed by atoms with Crippen molar-refractivity contribution in [2.45, 2.75) is 5.41 Å². The minimum Gasteiger partial charge on any atom is -0.456 e. The first-order valence-electron chi connectivity index (χ1n) is 21.2. The molecule has 0 aliphatic heterocycles. The highest BCUT2D eigenvalue weighted by atomic mass is 16.3. The van der Waals surface area contributed by atoms with Crippen LogP contribution in [0.2, 0.25) is 0 Å². The van der Waals surface area contributed by atoms with Crippen LogP contribution >= 0.6 is 0 Å². The lowest BCUT2D eigenvalue weighted by molar-refractivity contribution is 0.669. The number of fused-ring (bicyclic) bond motifs is 6. The van der Waals surface area contributed by atoms with Crippen molar-refractivity contribution in [3.05, 3.63) is 253 Å². The molecule has 0 spiro atoms. The summed E-state index contributed by atoms with van der Waals surface area (Å²) < 4.78 is 6.35. The predicted molar refractivity (Wildman–Crippen MR) is 254 cm³/mol. The van der Waals surface area contributed by atoms with E-state index >= 15 is 0 Å². The Labute approximate surface area is 360 Å². The van der Waals surface area contributed by atoms with Crippen molar-refractivity contribution in [1.29, 1.82) is 0 Å². The third-order valence-electron chi connectivity index (χ3n) is 12.6. The average Bonchev–Trinajstić information content (AvgIpc) is 3.88. The molecule has 0 atom stereocenters. The molecule has 3 heteroatoms. The van der Waals surface area contributed by atoms with Crippen LogP contribution in [0, 0.1) is 0 Å². The Balaban J connectivity index is 1.07. The van der Waals surface area contributed by atoms with E-state index in [-0.39, 0.29) is 0 Å². The Kier molecular flexibility index (Phi) is 8.39. The zero-order valence-electron chi connectivity index (χ0n) is 33.7. The van der Waals surface area contributed by atoms with Gasteiger partial charge in [0.25, 0.3) is 0 Å². The lowest BCUT2D eigenvalue weighted by atomic mass is 9.67. The van der Waals surface area contributed by atoms with Gasteiger partial charge in [0.1, 0.15) is 11.2 Å². The van der Waals surface area contributed by atoms with Gasteiger partial charge in [0, 0.05) is 27.5 Å². The van der Waals surface area contributed by atoms with Crippen molar-refractivity contribution in [1.82, 2.24) is 9.97 Å². The molecule has 9 aromatic carbocycles. The number of nitrogens with zero attached hydrogens (tertiary/aromatic N) is 2. The highest BCUT2D eigenvalue weighted by Gasteiger charge is 2.46. The number of para-hydroxylation sites is 1. The normalized spacial score (nSPS) is 12.6. The van der Waals surface area contributed by atoms with Gasteiger partial charge in [-0.25, -0.2) is 9.97 Å². The Morgan fingerprint density at radius 2 is 0.839 bits per heavy atom. The van der Waals surface area contributed by atoms with Crippen LogP contribution in [-0.2, 0) is 5.41 Å². The number of hydrogen-bond acceptors (Lipinski definition) is 3. The highest BCUT2D eigenvalue weighted by Crippen LogP contribution is 2.57. The monoisotopic (exact) mass is 790 g/mol. The summed E-state index contributed by atoms with van der Waals surface area (Å²) in [7, 11) is 0. The van der Waals surface area contributed by atoms with E-state index in [1.807, 2.05) is 30.3 Å². The van der Waals surface area contributed by atoms with E-state index in [4.69, 9.17) is 14.4 Å². The van der Waals surface area contributed by atoms with E-state index < -0.39 is 5.41 Å². The Hall–Kier alpha value is -8.14. The first-order chi connectivity index (χ1) is 30.8. The Bertz CT molecular complexity index is 3420. The summed E-state index contributed by atoms with van der Waals surface area (Å²) in [5.74, 6) is 0.672. The maximum Gasteiger partial charge on any atom is 0.160 e. The van der Waals surface area contributed by atoms with Crippen molar-refractivity contribution in [3.8, 4) is 67.3 Å². The first-order valence-corrected chi connectivity index (χ1v) is 21.2. The van der Waals surface area contributed by atoms with E-state index in [1.54, 1.807) is 0 Å². The maximum absolute atomic E-state index is 6.35. The zero-order chi connectivity index (χ0) is 41.0. The fourth-order valence-electron chi connectivity index (χ4n) is 9.95. The van der Waals surface area contributed by atoms with Crippen LogP contribution in [0.3, 0.4) is 0 Å². The van der Waals surface area contributed by atoms with E-state index in [0.29, 0.717) is 5.82 Å². The standard InChI is InChI=1S/C59H38N2O/c1-4-19-39(20-5-1)58-60-53(38-54(61-58)48-29-13-11-26-44(48)49-31-18-34-56-57(49)50-30-15-17-33-55(50)62-56)47-28-12-10-25-43(47)40-35-36-46-45-27-14-16-32-51(45)59(52(46)37-40,41-21-6-2-7-22-41)42-23-8-3-9-24-42/h1-38H. The minimum atomic E-state index is -0.505. The van der Waals surface area contributed by atoms with Crippen LogP contribution in [0.25, 0.3) is 89.2 Å². The summed E-state index contributed by atoms with van der Waals surface area (Å²) in [6.07, 6.45) is 0. The number of benzene rings is 9. The molecule has 0 bridgehead atoms. The van der Waals surface area contributed by atoms with Gasteiger partial charge >= 0.3 is 0 Å². The summed E-state index contributed by atoms with van der Waals surface area (Å²) in [5, 5.41) is 2.19. The molecule has 0 amide bonds. The summed E-state index contributed by atoms with van der Waals surface area (Å²) in [6, 6.07) is 82.2. The molecule has 1 aliphatic carbocycles. The second-order valence-electron chi connectivity index (χ2n) is 16.0. The van der Waals surface area contributed by atoms with E-state index in [9.17, 15) is 0 Å². The van der Waals surface area contributed by atoms with Crippen LogP contribution in [-0.4, -0.2) is 9.97 Å². The van der Waals surface area contributed by atoms with Crippen LogP contribution < -0.4 is 0 Å². The smallest absolute Gasteiger partial charge is 0.160 e. The predicted octanol–water partition coefficient (Wildman–Crippen LogP) is 15.1. The van der Waals surface area contributed by atoms with Crippen molar-refractivity contribution in [2.75, 3.05) is 0 Å². The van der Waals surface area contributed by atoms with E-state index in [1.165, 1.54) is 33.4 Å². The zero-order valence-corrected chi connectivity index (χ0v) is 33.7. The van der Waals surface area contributed by atoms with Gasteiger partial charge in [-0.2, -0.15) is 0 Å². The molecule has 62 heavy (non-hydrogen) atoms. The largest absolute Gasteiger partial charge is 0.456 e. The van der Waals surface area contributed by atoms with Gasteiger partial charge in [0.15, 0.2) is 5.82 Å². The van der Waals surface area contributed by atoms with Gasteiger partial charge in [-0.1, -0.05) is 206 Å². The Morgan fingerprint density at radius 3 is 1.55 bits per heavy atom. The third-order valence-corrected chi connectivity index (χ3v) is 12.6. The van der Waals surface area contributed by atoms with Crippen molar-refractivity contribution in [2.24, 2.45) is 0 Å². The molecule has 2 heterocycles. The molecule has 0 radical (unpaired) electrons. The number of furan rings is 1. The quantitative estimate of drug-likeness (QED) is 0.161. The molecule has 0 saturated heterocycles. The van der Waals surface area contributed by atoms with Gasteiger partial charge < -0.3 is 4.42 Å². The lowest BCUT2D eigenvalue weighted by Crippen LogP contribution is -2.28. The second kappa shape index (κ2) is 14.5. The summed E-state index contributed by atoms with van der Waals surface area (Å²) in [5.41, 5.74) is 17.9. The van der Waals surface area contributed by atoms with Crippen molar-refractivity contribution in [3.63, 3.8) is 0 Å². The lowest BCUT2D eigenvalue weighted by Gasteiger charge is -2.34. The maximum atomic E-state index is 6.35. The van der Waals surface area contributed by atoms with Crippen molar-refractivity contribution >= 4 is 21.9 Å². The third kappa shape index (κ3) is 5.59. The van der Waals surface area contributed by atoms with Gasteiger partial charge in [0.2, 0.25) is 0 Å². The molecule has 0 unspecified atom stereocenters. The molecular weight excluding hydrogens is 753 g/mol. The molecule has 0 saturated carbocycles. The molecule has 1 aliphatic rings. The van der Waals surface area contributed by atoms with Gasteiger partial charge in [0.05, 0.1) is 16.8 Å². The molecule has 12 rings (SSSR count). The molecule has 3 nitrogen and oxygen atoms in total. The summed E-state index contributed by atoms with van der Waals surface area (Å²) in [4.78, 5) is 10.7. The SMILES string of the molecule is c1ccc(-c2nc(-c3ccccc3-c3ccc4c(c3)C(c3ccccc3)(c3ccccc3)c3ccccc3-4)cc(-c3ccccc3-c3cccc4oc5ccccc5c34)n2)cc1. The van der Waals surface area contributed by atoms with E-state index in [0.717, 1.165) is 72.3 Å². The van der Waals surface area contributed by atoms with Crippen LogP contribution in [0.1, 0.15) is 22.3 Å². The van der Waals surface area contributed by atoms with Gasteiger partial charge in [-0.15, -0.1) is 0 Å². The second-order valence-corrected chi connectivity index (χ2v) is 16.0. The number of rotatable bonds is 7. The fraction of sp³-hybridized carbons (Fsp3) is 0.0169. The number of aromatic nitrogens is 2.